The van der Waals surface area contributed by atoms with Crippen LogP contribution in [0.1, 0.15) is 31.9 Å². The van der Waals surface area contributed by atoms with Crippen molar-refractivity contribution in [2.24, 2.45) is 0 Å². The van der Waals surface area contributed by atoms with Gasteiger partial charge in [-0.3, -0.25) is 14.6 Å². The zero-order chi connectivity index (χ0) is 20.1. The van der Waals surface area contributed by atoms with Crippen LogP contribution in [0.15, 0.2) is 24.3 Å². The summed E-state index contributed by atoms with van der Waals surface area (Å²) < 4.78 is 10.9. The fraction of sp³-hybridized carbons (Fsp3) is 0.619. The van der Waals surface area contributed by atoms with Crippen LogP contribution in [0.2, 0.25) is 0 Å². The van der Waals surface area contributed by atoms with Crippen LogP contribution in [0.3, 0.4) is 0 Å². The monoisotopic (exact) mass is 389 g/mol. The van der Waals surface area contributed by atoms with Gasteiger partial charge in [-0.25, -0.2) is 4.79 Å². The maximum Gasteiger partial charge on any atom is 0.411 e. The second-order valence-corrected chi connectivity index (χ2v) is 8.34. The van der Waals surface area contributed by atoms with Gasteiger partial charge >= 0.3 is 6.09 Å². The average molecular weight is 389 g/mol. The lowest BCUT2D eigenvalue weighted by atomic mass is 9.94. The van der Waals surface area contributed by atoms with E-state index in [1.165, 1.54) is 0 Å². The van der Waals surface area contributed by atoms with Crippen molar-refractivity contribution in [3.63, 3.8) is 0 Å². The Morgan fingerprint density at radius 1 is 1.18 bits per heavy atom. The molecule has 0 saturated carbocycles. The Morgan fingerprint density at radius 3 is 2.54 bits per heavy atom. The first-order valence-electron chi connectivity index (χ1n) is 9.98. The number of carbonyl (C=O) groups is 2. The smallest absolute Gasteiger partial charge is 0.411 e. The molecule has 1 aromatic carbocycles. The van der Waals surface area contributed by atoms with Gasteiger partial charge in [0.15, 0.2) is 0 Å². The van der Waals surface area contributed by atoms with E-state index < -0.39 is 17.7 Å². The Hall–Kier alpha value is -2.12. The summed E-state index contributed by atoms with van der Waals surface area (Å²) >= 11 is 0. The van der Waals surface area contributed by atoms with Crippen LogP contribution in [0.4, 0.5) is 4.79 Å². The van der Waals surface area contributed by atoms with Gasteiger partial charge in [0.25, 0.3) is 0 Å². The molecule has 1 saturated heterocycles. The maximum atomic E-state index is 12.9. The van der Waals surface area contributed by atoms with Gasteiger partial charge in [0.05, 0.1) is 19.8 Å². The molecular weight excluding hydrogens is 358 g/mol. The summed E-state index contributed by atoms with van der Waals surface area (Å²) in [7, 11) is 0. The van der Waals surface area contributed by atoms with Crippen LogP contribution in [0, 0.1) is 0 Å². The molecule has 2 heterocycles. The topological polar surface area (TPSA) is 71.1 Å². The lowest BCUT2D eigenvalue weighted by Gasteiger charge is -2.37. The third kappa shape index (κ3) is 5.45. The summed E-state index contributed by atoms with van der Waals surface area (Å²) in [5.41, 5.74) is 1.56. The molecule has 1 N–H and O–H groups in total. The average Bonchev–Trinajstić information content (AvgIpc) is 2.66. The van der Waals surface area contributed by atoms with E-state index in [1.54, 1.807) is 4.90 Å². The molecule has 1 fully saturated rings. The molecule has 0 spiro atoms. The number of fused-ring (bicyclic) bond motifs is 1. The van der Waals surface area contributed by atoms with E-state index in [0.29, 0.717) is 19.5 Å². The highest BCUT2D eigenvalue weighted by Crippen LogP contribution is 2.25. The van der Waals surface area contributed by atoms with Crippen LogP contribution in [-0.4, -0.2) is 72.8 Å². The van der Waals surface area contributed by atoms with Crippen molar-refractivity contribution in [3.05, 3.63) is 35.4 Å². The predicted octanol–water partition coefficient (Wildman–Crippen LogP) is 1.80. The van der Waals surface area contributed by atoms with Crippen molar-refractivity contribution in [1.29, 1.82) is 0 Å². The van der Waals surface area contributed by atoms with Crippen LogP contribution in [-0.2, 0) is 27.2 Å². The van der Waals surface area contributed by atoms with Crippen LogP contribution in [0.5, 0.6) is 0 Å². The van der Waals surface area contributed by atoms with Crippen molar-refractivity contribution in [2.75, 3.05) is 39.4 Å². The minimum atomic E-state index is -0.606. The van der Waals surface area contributed by atoms with E-state index in [0.717, 1.165) is 44.0 Å². The fourth-order valence-corrected chi connectivity index (χ4v) is 3.55. The first-order chi connectivity index (χ1) is 13.3. The summed E-state index contributed by atoms with van der Waals surface area (Å²) in [6, 6.07) is 7.38. The molecule has 2 aliphatic heterocycles. The van der Waals surface area contributed by atoms with Gasteiger partial charge in [-0.1, -0.05) is 24.3 Å². The number of benzene rings is 1. The van der Waals surface area contributed by atoms with Gasteiger partial charge in [0, 0.05) is 32.6 Å². The molecule has 2 amide bonds. The molecule has 2 aliphatic rings. The van der Waals surface area contributed by atoms with E-state index in [9.17, 15) is 9.59 Å². The molecule has 0 aliphatic carbocycles. The molecule has 1 aromatic rings. The van der Waals surface area contributed by atoms with Crippen molar-refractivity contribution < 1.29 is 19.1 Å². The van der Waals surface area contributed by atoms with Crippen molar-refractivity contribution in [3.8, 4) is 0 Å². The third-order valence-electron chi connectivity index (χ3n) is 5.01. The number of nitrogens with one attached hydrogen (secondary N) is 1. The zero-order valence-corrected chi connectivity index (χ0v) is 17.1. The number of hydrogen-bond donors (Lipinski definition) is 1. The first kappa shape index (κ1) is 20.6. The Bertz CT molecular complexity index is 695. The zero-order valence-electron chi connectivity index (χ0n) is 17.1. The number of nitrogens with zero attached hydrogens (tertiary/aromatic N) is 2. The first-order valence-corrected chi connectivity index (χ1v) is 9.98. The molecule has 1 unspecified atom stereocenters. The van der Waals surface area contributed by atoms with Crippen molar-refractivity contribution >= 4 is 12.0 Å². The normalized spacial score (nSPS) is 20.4. The van der Waals surface area contributed by atoms with Crippen molar-refractivity contribution in [1.82, 2.24) is 15.1 Å². The molecule has 154 valence electrons. The minimum Gasteiger partial charge on any atom is -0.444 e. The molecular formula is C21H31N3O4. The second-order valence-electron chi connectivity index (χ2n) is 8.34. The summed E-state index contributed by atoms with van der Waals surface area (Å²) in [5.74, 6) is -0.131. The SMILES string of the molecule is CC(C)(C)OC(=O)N1Cc2ccccc2CC1C(=O)NCCN1CCOCC1. The predicted molar refractivity (Wildman–Crippen MR) is 106 cm³/mol. The summed E-state index contributed by atoms with van der Waals surface area (Å²) in [6.45, 7) is 10.5. The maximum absolute atomic E-state index is 12.9. The number of carbonyl (C=O) groups excluding carboxylic acids is 2. The van der Waals surface area contributed by atoms with E-state index in [2.05, 4.69) is 10.2 Å². The molecule has 7 nitrogen and oxygen atoms in total. The molecule has 0 radical (unpaired) electrons. The molecule has 3 rings (SSSR count). The lowest BCUT2D eigenvalue weighted by molar-refractivity contribution is -0.127. The van der Waals surface area contributed by atoms with E-state index in [1.807, 2.05) is 45.0 Å². The Kier molecular flexibility index (Phi) is 6.57. The highest BCUT2D eigenvalue weighted by molar-refractivity contribution is 5.86. The van der Waals surface area contributed by atoms with Gasteiger partial charge in [-0.05, 0) is 31.9 Å². The van der Waals surface area contributed by atoms with Crippen LogP contribution < -0.4 is 5.32 Å². The second kappa shape index (κ2) is 8.92. The van der Waals surface area contributed by atoms with Crippen molar-refractivity contribution in [2.45, 2.75) is 45.4 Å². The van der Waals surface area contributed by atoms with E-state index in [-0.39, 0.29) is 5.91 Å². The number of amides is 2. The standard InChI is InChI=1S/C21H31N3O4/c1-21(2,3)28-20(26)24-15-17-7-5-4-6-16(17)14-18(24)19(25)22-8-9-23-10-12-27-13-11-23/h4-7,18H,8-15H2,1-3H3,(H,22,25). The third-order valence-corrected chi connectivity index (χ3v) is 5.01. The summed E-state index contributed by atoms with van der Waals surface area (Å²) in [4.78, 5) is 29.5. The van der Waals surface area contributed by atoms with Gasteiger partial charge < -0.3 is 14.8 Å². The van der Waals surface area contributed by atoms with E-state index >= 15 is 0 Å². The molecule has 28 heavy (non-hydrogen) atoms. The van der Waals surface area contributed by atoms with Gasteiger partial charge in [0.1, 0.15) is 11.6 Å². The van der Waals surface area contributed by atoms with Gasteiger partial charge in [-0.15, -0.1) is 0 Å². The summed E-state index contributed by atoms with van der Waals surface area (Å²) in [5, 5.41) is 3.01. The lowest BCUT2D eigenvalue weighted by Crippen LogP contribution is -2.54. The fourth-order valence-electron chi connectivity index (χ4n) is 3.55. The van der Waals surface area contributed by atoms with Crippen LogP contribution in [0.25, 0.3) is 0 Å². The quantitative estimate of drug-likeness (QED) is 0.850. The summed E-state index contributed by atoms with van der Waals surface area (Å²) in [6.07, 6.45) is 0.0500. The number of morpholine rings is 1. The van der Waals surface area contributed by atoms with Gasteiger partial charge in [0.2, 0.25) is 5.91 Å². The minimum absolute atomic E-state index is 0.131. The Balaban J connectivity index is 1.65. The van der Waals surface area contributed by atoms with Crippen LogP contribution >= 0.6 is 0 Å². The number of hydrogen-bond acceptors (Lipinski definition) is 5. The molecule has 0 aromatic heterocycles. The largest absolute Gasteiger partial charge is 0.444 e. The number of rotatable bonds is 4. The van der Waals surface area contributed by atoms with Gasteiger partial charge in [-0.2, -0.15) is 0 Å². The van der Waals surface area contributed by atoms with E-state index in [4.69, 9.17) is 9.47 Å². The highest BCUT2D eigenvalue weighted by Gasteiger charge is 2.36. The molecule has 7 heteroatoms. The number of ether oxygens (including phenoxy) is 2. The molecule has 0 bridgehead atoms. The highest BCUT2D eigenvalue weighted by atomic mass is 16.6. The Labute approximate surface area is 167 Å². The molecule has 1 atom stereocenters. The Morgan fingerprint density at radius 2 is 1.86 bits per heavy atom.